The minimum Gasteiger partial charge on any atom is -0.481 e. The quantitative estimate of drug-likeness (QED) is 0.0254. The van der Waals surface area contributed by atoms with Gasteiger partial charge in [0.15, 0.2) is 50.3 Å². The summed E-state index contributed by atoms with van der Waals surface area (Å²) in [6, 6.07) is 0. The number of carbonyl (C=O) groups is 8. The second kappa shape index (κ2) is 52.3. The first-order chi connectivity index (χ1) is 61.4. The van der Waals surface area contributed by atoms with E-state index in [4.69, 9.17) is 85.3 Å². The number of aliphatic hydroxyl groups excluding tert-OH is 14. The van der Waals surface area contributed by atoms with Crippen molar-refractivity contribution < 1.29 is 236 Å². The Hall–Kier alpha value is -2.72. The molecule has 34 fully saturated rings. The lowest BCUT2D eigenvalue weighted by Crippen LogP contribution is -2.69. The third kappa shape index (κ3) is 30.2. The van der Waals surface area contributed by atoms with E-state index in [2.05, 4.69) is 0 Å². The van der Waals surface area contributed by atoms with Crippen LogP contribution in [-0.2, 0) is 124 Å². The number of ether oxygens (including phenoxy) is 18. The van der Waals surface area contributed by atoms with E-state index >= 15 is 0 Å². The van der Waals surface area contributed by atoms with Crippen LogP contribution < -0.4 is 0 Å². The van der Waals surface area contributed by atoms with Gasteiger partial charge in [-0.15, -0.1) is 0 Å². The predicted molar refractivity (Wildman–Crippen MR) is 444 cm³/mol. The Balaban J connectivity index is 1.04. The zero-order valence-corrected chi connectivity index (χ0v) is 75.0. The Morgan fingerprint density at radius 3 is 0.527 bits per heavy atom. The van der Waals surface area contributed by atoms with Crippen molar-refractivity contribution in [3.8, 4) is 0 Å². The molecule has 0 aromatic carbocycles. The van der Waals surface area contributed by atoms with E-state index in [-0.39, 0.29) is 92.0 Å². The smallest absolute Gasteiger partial charge is 0.304 e. The summed E-state index contributed by atoms with van der Waals surface area (Å²) in [6.45, 7) is -0.885. The van der Waals surface area contributed by atoms with Gasteiger partial charge >= 0.3 is 47.8 Å². The number of thioether (sulfide) groups is 8. The van der Waals surface area contributed by atoms with Crippen LogP contribution in [0.4, 0.5) is 0 Å². The molecule has 22 N–H and O–H groups in total. The Labute approximate surface area is 769 Å². The van der Waals surface area contributed by atoms with Gasteiger partial charge in [-0.3, -0.25) is 38.4 Å². The molecule has 0 radical (unpaired) electrons. The minimum atomic E-state index is -2.31. The van der Waals surface area contributed by atoms with E-state index in [1.165, 1.54) is 0 Å². The summed E-state index contributed by atoms with van der Waals surface area (Å²) in [7, 11) is 0. The zero-order chi connectivity index (χ0) is 93.8. The van der Waals surface area contributed by atoms with E-state index in [9.17, 15) is 151 Å². The highest BCUT2D eigenvalue weighted by atomic mass is 32.2. The SMILES string of the molecule is O=C(O)CCSC[C@H]1O[C@@H]2O[C@H]3[C@H](O)[C@@H](O)[C@@H](O[C@H]4[C@H](O)[C@@H](O)[C@@H](O[C@H]5[C@H](O)[C@H]6OCO[C@@H]7[C@@H](O)[C@@H](O[C@H]8[C@H](O)[C@@H](O)[C@@H](O[C@H]9[C@H](O)[C@@H](O)[C@@H](O[C@H]%10[C@H](O)[C@@H](O)[C@@H](O[C@H]1[C@H](O)[C@H]2O)O[C@@H]%10CSCCC(=O)O)O[C@@H]9CSCCC(=O)O)O[C@@H]8CSCCC(=O)O)O[C@H](CSCCC(=O)O)[C@H]7O[C@H]6O[C@@H]5CSCCC(=O)O)O[C@@H]4CSCCC(=O)O)O[C@@H]3CSCCC(=O)O. The molecule has 740 valence electrons. The fourth-order valence-corrected chi connectivity index (χ4v) is 23.1. The maximum atomic E-state index is 12.7. The molecule has 18 bridgehead atoms. The summed E-state index contributed by atoms with van der Waals surface area (Å²) in [4.78, 5) is 94.7. The van der Waals surface area contributed by atoms with E-state index in [0.29, 0.717) is 0 Å². The van der Waals surface area contributed by atoms with Gasteiger partial charge in [0.25, 0.3) is 0 Å². The number of hydrogen-bond donors (Lipinski definition) is 22. The number of carboxylic acid groups (broad SMARTS) is 8. The van der Waals surface area contributed by atoms with Gasteiger partial charge in [-0.25, -0.2) is 0 Å². The average Bonchev–Trinajstić information content (AvgIpc) is 0.762. The van der Waals surface area contributed by atoms with Crippen molar-refractivity contribution in [1.29, 1.82) is 0 Å². The predicted octanol–water partition coefficient (Wildman–Crippen LogP) is -6.66. The number of aliphatic carboxylic acids is 8. The van der Waals surface area contributed by atoms with Crippen LogP contribution in [0.2, 0.25) is 0 Å². The molecule has 0 saturated carbocycles. The monoisotopic (exact) mass is 2010 g/mol. The standard InChI is InChI=1S/C73H112O48S8/c74-34(75)1-9-122-17-26-56-42(90)49(97)67(107-26)116-58-28(19-124-11-3-36(78)79)109-69(51(99)44(58)92)118-60-30(21-126-13-5-38(82)83)111-71(53(101)46(60)94)120-62-32(23-128-15-7-40(86)87)113-73-65(54(62)102)105-25-104-64-55(103)72(112-33(63(64)121-73)24-129-16-8-41(88)89)119-61-31(22-127-14-6-39(84)85)110-70(52(100)47(61)95)117-59-29(20-125-12-4-37(80)81)108-68(50(98)45(59)93)115-57-27(18-123-10-2-35(76)77)106-66(114-56)48(96)43(57)91/h26-33,42-73,90-103H,1-25H2,(H,74,75)(H,76,77)(H,78,79)(H,80,81)(H,82,83)(H,84,85)(H,86,87)(H,88,89)/t26-,27-,28-,29-,30-,31-,32-,33-,42-,43-,44-,45-,46-,47-,48-,49-,50-,51-,52-,53-,54+,55-,56-,57-,58-,59-,60-,61-,62-,63-,64-,65-,66-,67-,68-,69-,70-,71-,72-,73-/m1/s1. The van der Waals surface area contributed by atoms with E-state index in [0.717, 1.165) is 94.1 Å². The lowest BCUT2D eigenvalue weighted by Gasteiger charge is -2.52. The van der Waals surface area contributed by atoms with Crippen LogP contribution in [0.5, 0.6) is 0 Å². The lowest BCUT2D eigenvalue weighted by molar-refractivity contribution is -0.410. The molecule has 34 heterocycles. The van der Waals surface area contributed by atoms with Gasteiger partial charge < -0.3 is 198 Å². The van der Waals surface area contributed by atoms with Gasteiger partial charge in [0, 0.05) is 92.0 Å². The second-order valence-corrected chi connectivity index (χ2v) is 40.3. The number of hydrogen-bond acceptors (Lipinski definition) is 48. The topological polar surface area (TPSA) is 748 Å². The van der Waals surface area contributed by atoms with E-state index < -0.39 is 352 Å². The third-order valence-electron chi connectivity index (χ3n) is 21.9. The van der Waals surface area contributed by atoms with Crippen molar-refractivity contribution in [1.82, 2.24) is 0 Å². The Bertz CT molecular complexity index is 3510. The molecule has 34 saturated heterocycles. The molecule has 56 heteroatoms. The van der Waals surface area contributed by atoms with E-state index in [1.54, 1.807) is 0 Å². The number of rotatable bonds is 40. The first-order valence-electron chi connectivity index (χ1n) is 41.0. The molecule has 0 unspecified atom stereocenters. The highest BCUT2D eigenvalue weighted by Crippen LogP contribution is 2.44. The maximum Gasteiger partial charge on any atom is 0.304 e. The highest BCUT2D eigenvalue weighted by Gasteiger charge is 2.62. The Morgan fingerprint density at radius 2 is 0.333 bits per heavy atom. The molecule has 34 aliphatic heterocycles. The first kappa shape index (κ1) is 108. The zero-order valence-electron chi connectivity index (χ0n) is 68.5. The highest BCUT2D eigenvalue weighted by molar-refractivity contribution is 8.00. The fraction of sp³-hybridized carbons (Fsp3) is 0.890. The van der Waals surface area contributed by atoms with Crippen LogP contribution >= 0.6 is 94.1 Å². The number of carboxylic acids is 8. The van der Waals surface area contributed by atoms with Gasteiger partial charge in [-0.05, 0) is 0 Å². The molecular weight excluding hydrogens is 1900 g/mol. The van der Waals surface area contributed by atoms with Crippen molar-refractivity contribution in [2.24, 2.45) is 0 Å². The van der Waals surface area contributed by atoms with Gasteiger partial charge in [-0.2, -0.15) is 94.1 Å². The summed E-state index contributed by atoms with van der Waals surface area (Å²) in [5.41, 5.74) is 0. The largest absolute Gasteiger partial charge is 0.481 e. The summed E-state index contributed by atoms with van der Waals surface area (Å²) in [5, 5.41) is 250. The van der Waals surface area contributed by atoms with Crippen LogP contribution in [-0.4, -0.2) is 505 Å². The normalized spacial score (nSPS) is 41.7. The Morgan fingerprint density at radius 1 is 0.178 bits per heavy atom. The third-order valence-corrected chi connectivity index (χ3v) is 30.3. The molecule has 48 nitrogen and oxygen atoms in total. The molecular formula is C73H112O48S8. The summed E-state index contributed by atoms with van der Waals surface area (Å²) < 4.78 is 114. The lowest BCUT2D eigenvalue weighted by atomic mass is 9.95. The van der Waals surface area contributed by atoms with Gasteiger partial charge in [-0.1, -0.05) is 0 Å². The Kier molecular flexibility index (Phi) is 43.9. The molecule has 0 aliphatic carbocycles. The second-order valence-electron chi connectivity index (χ2n) is 31.1. The van der Waals surface area contributed by atoms with Crippen LogP contribution in [0.1, 0.15) is 51.4 Å². The fourth-order valence-electron chi connectivity index (χ4n) is 15.2. The van der Waals surface area contributed by atoms with Crippen molar-refractivity contribution in [2.45, 2.75) is 297 Å². The first-order valence-corrected chi connectivity index (χ1v) is 50.2. The molecule has 34 rings (SSSR count). The molecule has 0 aromatic heterocycles. The summed E-state index contributed by atoms with van der Waals surface area (Å²) >= 11 is 7.38. The minimum absolute atomic E-state index is 0.0770. The van der Waals surface area contributed by atoms with Crippen LogP contribution in [0.15, 0.2) is 0 Å². The van der Waals surface area contributed by atoms with Crippen molar-refractivity contribution in [2.75, 3.05) is 98.8 Å². The van der Waals surface area contributed by atoms with Crippen LogP contribution in [0.3, 0.4) is 0 Å². The van der Waals surface area contributed by atoms with Gasteiger partial charge in [0.2, 0.25) is 0 Å². The molecule has 34 aliphatic rings. The van der Waals surface area contributed by atoms with Gasteiger partial charge in [0.05, 0.1) is 100 Å². The molecule has 129 heavy (non-hydrogen) atoms. The number of aliphatic hydroxyl groups is 14. The maximum absolute atomic E-state index is 12.7. The van der Waals surface area contributed by atoms with Crippen molar-refractivity contribution in [3.05, 3.63) is 0 Å². The molecule has 40 atom stereocenters. The average molecular weight is 2010 g/mol. The van der Waals surface area contributed by atoms with Gasteiger partial charge in [0.1, 0.15) is 153 Å². The van der Waals surface area contributed by atoms with Crippen LogP contribution in [0, 0.1) is 0 Å². The molecule has 0 spiro atoms. The summed E-state index contributed by atoms with van der Waals surface area (Å²) in [5.74, 6) is -13.5. The summed E-state index contributed by atoms with van der Waals surface area (Å²) in [6.07, 6.45) is -81.6. The molecule has 0 aromatic rings. The van der Waals surface area contributed by atoms with Crippen LogP contribution in [0.25, 0.3) is 0 Å². The van der Waals surface area contributed by atoms with Crippen molar-refractivity contribution >= 4 is 142 Å². The van der Waals surface area contributed by atoms with E-state index in [1.807, 2.05) is 0 Å². The van der Waals surface area contributed by atoms with Crippen molar-refractivity contribution in [3.63, 3.8) is 0 Å². The molecule has 0 amide bonds.